The Bertz CT molecular complexity index is 1530. The molecule has 2 aromatic rings. The number of hydrogen-bond acceptors (Lipinski definition) is 7. The molecule has 10 nitrogen and oxygen atoms in total. The van der Waals surface area contributed by atoms with Crippen LogP contribution in [0.4, 0.5) is 5.69 Å². The first-order valence-corrected chi connectivity index (χ1v) is 15.6. The fraction of sp³-hybridized carbons (Fsp3) is 0.412. The van der Waals surface area contributed by atoms with E-state index in [1.165, 1.54) is 9.80 Å². The zero-order chi connectivity index (χ0) is 31.9. The third kappa shape index (κ3) is 5.34. The van der Waals surface area contributed by atoms with Crippen LogP contribution in [0.25, 0.3) is 0 Å². The van der Waals surface area contributed by atoms with Crippen LogP contribution in [-0.2, 0) is 28.7 Å². The van der Waals surface area contributed by atoms with Crippen molar-refractivity contribution in [3.63, 3.8) is 0 Å². The van der Waals surface area contributed by atoms with Crippen LogP contribution >= 0.6 is 11.6 Å². The van der Waals surface area contributed by atoms with Gasteiger partial charge in [-0.05, 0) is 43.2 Å². The molecule has 0 aliphatic carbocycles. The Morgan fingerprint density at radius 2 is 1.73 bits per heavy atom. The van der Waals surface area contributed by atoms with E-state index in [9.17, 15) is 24.3 Å². The number of allylic oxidation sites excluding steroid dienone is 1. The number of fused-ring (bicyclic) bond motifs is 2. The van der Waals surface area contributed by atoms with Gasteiger partial charge in [0.2, 0.25) is 11.8 Å². The molecule has 2 aromatic carbocycles. The van der Waals surface area contributed by atoms with E-state index in [1.54, 1.807) is 48.4 Å². The van der Waals surface area contributed by atoms with Crippen LogP contribution in [0.5, 0.6) is 0 Å². The summed E-state index contributed by atoms with van der Waals surface area (Å²) in [6.07, 6.45) is 6.14. The fourth-order valence-corrected chi connectivity index (χ4v) is 7.18. The van der Waals surface area contributed by atoms with Gasteiger partial charge < -0.3 is 29.3 Å². The Hall–Kier alpha value is -3.99. The van der Waals surface area contributed by atoms with E-state index in [0.717, 1.165) is 0 Å². The number of amides is 3. The monoisotopic (exact) mass is 633 g/mol. The summed E-state index contributed by atoms with van der Waals surface area (Å²) in [5.41, 5.74) is -0.178. The van der Waals surface area contributed by atoms with Crippen LogP contribution in [0.15, 0.2) is 78.9 Å². The Morgan fingerprint density at radius 1 is 1.00 bits per heavy atom. The molecule has 11 heteroatoms. The summed E-state index contributed by atoms with van der Waals surface area (Å²) in [5.74, 6) is -3.73. The first-order chi connectivity index (χ1) is 21.7. The minimum Gasteiger partial charge on any atom is -0.455 e. The summed E-state index contributed by atoms with van der Waals surface area (Å²) in [6, 6.07) is 14.3. The highest BCUT2D eigenvalue weighted by molar-refractivity contribution is 6.30. The maximum atomic E-state index is 14.6. The second-order valence-electron chi connectivity index (χ2n) is 11.9. The number of benzene rings is 2. The molecule has 3 amide bonds. The lowest BCUT2D eigenvalue weighted by molar-refractivity contribution is -0.164. The molecule has 7 atom stereocenters. The van der Waals surface area contributed by atoms with E-state index in [0.29, 0.717) is 22.7 Å². The Labute approximate surface area is 266 Å². The summed E-state index contributed by atoms with van der Waals surface area (Å²) in [4.78, 5) is 60.6. The predicted molar refractivity (Wildman–Crippen MR) is 166 cm³/mol. The van der Waals surface area contributed by atoms with Gasteiger partial charge in [0.1, 0.15) is 23.7 Å². The standard InChI is InChI=1S/C34H36ClN3O7/c1-21-29(22-9-5-3-6-10-22)44-33(43)27-25-16-17-34(45-25)28(27)31(41)38(19-20-39)30(34)32(42)37(24-14-12-23(35)13-15-24)18-8-4-7-11-26(40)36(21)2/h3-6,8-10,12-17,21,25,27-30,39H,7,11,18-20H2,1-2H3/b8-4-/t21-,25+,27-,28-,29+,30+,34-/m0/s1. The normalized spacial score (nSPS) is 32.7. The Balaban J connectivity index is 1.45. The van der Waals surface area contributed by atoms with Crippen LogP contribution in [0.2, 0.25) is 5.02 Å². The number of esters is 1. The zero-order valence-corrected chi connectivity index (χ0v) is 25.9. The van der Waals surface area contributed by atoms with Gasteiger partial charge in [-0.3, -0.25) is 19.2 Å². The maximum Gasteiger partial charge on any atom is 0.313 e. The van der Waals surface area contributed by atoms with Gasteiger partial charge in [-0.15, -0.1) is 0 Å². The number of rotatable bonds is 4. The number of carbonyl (C=O) groups is 4. The van der Waals surface area contributed by atoms with Crippen molar-refractivity contribution in [2.24, 2.45) is 11.8 Å². The van der Waals surface area contributed by atoms with E-state index in [1.807, 2.05) is 49.4 Å². The summed E-state index contributed by atoms with van der Waals surface area (Å²) in [5, 5.41) is 10.5. The molecule has 4 aliphatic heterocycles. The first kappa shape index (κ1) is 31.0. The molecule has 1 spiro atoms. The maximum absolute atomic E-state index is 14.6. The molecule has 0 radical (unpaired) electrons. The van der Waals surface area contributed by atoms with Crippen molar-refractivity contribution < 1.29 is 33.8 Å². The highest BCUT2D eigenvalue weighted by Gasteiger charge is 2.73. The van der Waals surface area contributed by atoms with Gasteiger partial charge in [0.25, 0.3) is 5.91 Å². The highest BCUT2D eigenvalue weighted by atomic mass is 35.5. The van der Waals surface area contributed by atoms with E-state index >= 15 is 0 Å². The number of carbonyl (C=O) groups excluding carboxylic acids is 4. The number of β-amino-alcohol motifs (C(OH)–C–C–N with tert-alkyl or cyclic N) is 1. The van der Waals surface area contributed by atoms with Gasteiger partial charge in [-0.1, -0.05) is 66.2 Å². The van der Waals surface area contributed by atoms with E-state index in [-0.39, 0.29) is 32.0 Å². The molecule has 0 aromatic heterocycles. The number of aliphatic hydroxyl groups excluding tert-OH is 1. The Kier molecular flexibility index (Phi) is 8.56. The number of hydrogen-bond donors (Lipinski definition) is 1. The van der Waals surface area contributed by atoms with Crippen LogP contribution in [0.1, 0.15) is 31.4 Å². The summed E-state index contributed by atoms with van der Waals surface area (Å²) >= 11 is 6.15. The number of likely N-dealkylation sites (tertiary alicyclic amines) is 1. The van der Waals surface area contributed by atoms with Crippen molar-refractivity contribution >= 4 is 41.0 Å². The number of aliphatic hydroxyl groups is 1. The third-order valence-electron chi connectivity index (χ3n) is 9.42. The van der Waals surface area contributed by atoms with Gasteiger partial charge in [-0.25, -0.2) is 0 Å². The number of ether oxygens (including phenoxy) is 2. The van der Waals surface area contributed by atoms with Crippen molar-refractivity contribution in [2.75, 3.05) is 31.6 Å². The molecule has 0 saturated carbocycles. The SMILES string of the molecule is C[C@H]1[C@H](c2ccccc2)OC(=O)[C@@H]2[C@H]3C(=O)N(CCO)[C@H](C(=O)N(c4ccc(Cl)cc4)C/C=C\CCC(=O)N1C)[C@]31C=C[C@H]2O1. The second-order valence-corrected chi connectivity index (χ2v) is 12.3. The molecule has 1 N–H and O–H groups in total. The fourth-order valence-electron chi connectivity index (χ4n) is 7.06. The van der Waals surface area contributed by atoms with Gasteiger partial charge in [0, 0.05) is 37.3 Å². The average Bonchev–Trinajstić information content (AvgIpc) is 3.68. The molecule has 236 valence electrons. The van der Waals surface area contributed by atoms with Crippen LogP contribution in [-0.4, -0.2) is 89.1 Å². The Morgan fingerprint density at radius 3 is 2.44 bits per heavy atom. The van der Waals surface area contributed by atoms with Gasteiger partial charge in [0.15, 0.2) is 0 Å². The second kappa shape index (κ2) is 12.4. The molecule has 4 aliphatic rings. The molecule has 2 fully saturated rings. The van der Waals surface area contributed by atoms with E-state index < -0.39 is 59.5 Å². The van der Waals surface area contributed by atoms with Crippen molar-refractivity contribution in [1.29, 1.82) is 0 Å². The number of halogens is 1. The smallest absolute Gasteiger partial charge is 0.313 e. The number of anilines is 1. The third-order valence-corrected chi connectivity index (χ3v) is 9.67. The molecular weight excluding hydrogens is 598 g/mol. The molecule has 45 heavy (non-hydrogen) atoms. The molecule has 5 bridgehead atoms. The van der Waals surface area contributed by atoms with E-state index in [2.05, 4.69) is 0 Å². The molecule has 0 unspecified atom stereocenters. The lowest BCUT2D eigenvalue weighted by Gasteiger charge is -2.35. The average molecular weight is 634 g/mol. The first-order valence-electron chi connectivity index (χ1n) is 15.2. The van der Waals surface area contributed by atoms with Crippen LogP contribution in [0, 0.1) is 11.8 Å². The molecule has 4 heterocycles. The number of nitrogens with zero attached hydrogens (tertiary/aromatic N) is 3. The van der Waals surface area contributed by atoms with E-state index in [4.69, 9.17) is 21.1 Å². The lowest BCUT2D eigenvalue weighted by Crippen LogP contribution is -2.56. The van der Waals surface area contributed by atoms with Gasteiger partial charge >= 0.3 is 5.97 Å². The summed E-state index contributed by atoms with van der Waals surface area (Å²) < 4.78 is 12.7. The minimum absolute atomic E-state index is 0.113. The topological polar surface area (TPSA) is 117 Å². The molecular formula is C34H36ClN3O7. The quantitative estimate of drug-likeness (QED) is 0.406. The molecule has 2 saturated heterocycles. The number of cyclic esters (lactones) is 1. The number of likely N-dealkylation sites (N-methyl/N-ethyl adjacent to an activating group) is 1. The van der Waals surface area contributed by atoms with Crippen molar-refractivity contribution in [1.82, 2.24) is 9.80 Å². The summed E-state index contributed by atoms with van der Waals surface area (Å²) in [7, 11) is 1.69. The minimum atomic E-state index is -1.43. The van der Waals surface area contributed by atoms with Crippen molar-refractivity contribution in [3.05, 3.63) is 89.5 Å². The summed E-state index contributed by atoms with van der Waals surface area (Å²) in [6.45, 7) is 1.48. The lowest BCUT2D eigenvalue weighted by atomic mass is 9.74. The predicted octanol–water partition coefficient (Wildman–Crippen LogP) is 3.30. The highest BCUT2D eigenvalue weighted by Crippen LogP contribution is 2.56. The molecule has 6 rings (SSSR count). The van der Waals surface area contributed by atoms with Crippen LogP contribution in [0.3, 0.4) is 0 Å². The van der Waals surface area contributed by atoms with Crippen LogP contribution < -0.4 is 4.90 Å². The van der Waals surface area contributed by atoms with Gasteiger partial charge in [-0.2, -0.15) is 0 Å². The van der Waals surface area contributed by atoms with Crippen molar-refractivity contribution in [3.8, 4) is 0 Å². The zero-order valence-electron chi connectivity index (χ0n) is 25.1. The largest absolute Gasteiger partial charge is 0.455 e. The van der Waals surface area contributed by atoms with Crippen molar-refractivity contribution in [2.45, 2.75) is 49.7 Å². The van der Waals surface area contributed by atoms with Gasteiger partial charge in [0.05, 0.1) is 24.7 Å².